The maximum Gasteiger partial charge on any atom is 0.204 e. The summed E-state index contributed by atoms with van der Waals surface area (Å²) in [6, 6.07) is 5.43. The molecule has 5 heteroatoms. The van der Waals surface area contributed by atoms with Crippen LogP contribution >= 0.6 is 11.6 Å². The number of aromatic nitrogens is 2. The normalized spacial score (nSPS) is 10.3. The van der Waals surface area contributed by atoms with Crippen molar-refractivity contribution >= 4 is 17.5 Å². The SMILES string of the molecule is COc1ccc(-n2ccnc2N)cc1Cl. The molecule has 0 aliphatic carbocycles. The van der Waals surface area contributed by atoms with Crippen molar-refractivity contribution in [3.63, 3.8) is 0 Å². The second-order valence-electron chi connectivity index (χ2n) is 2.97. The Bertz CT molecular complexity index is 481. The van der Waals surface area contributed by atoms with Gasteiger partial charge in [-0.05, 0) is 18.2 Å². The van der Waals surface area contributed by atoms with Crippen LogP contribution in [0.5, 0.6) is 5.75 Å². The largest absolute Gasteiger partial charge is 0.495 e. The van der Waals surface area contributed by atoms with Crippen LogP contribution in [0.3, 0.4) is 0 Å². The first-order valence-corrected chi connectivity index (χ1v) is 4.73. The predicted octanol–water partition coefficient (Wildman–Crippen LogP) is 2.12. The summed E-state index contributed by atoms with van der Waals surface area (Å²) in [7, 11) is 1.58. The summed E-state index contributed by atoms with van der Waals surface area (Å²) in [6.45, 7) is 0. The Morgan fingerprint density at radius 3 is 2.80 bits per heavy atom. The number of ether oxygens (including phenoxy) is 1. The van der Waals surface area contributed by atoms with E-state index in [1.165, 1.54) is 0 Å². The zero-order valence-corrected chi connectivity index (χ0v) is 8.90. The summed E-state index contributed by atoms with van der Waals surface area (Å²) in [5.41, 5.74) is 6.53. The molecule has 0 saturated heterocycles. The van der Waals surface area contributed by atoms with Gasteiger partial charge in [-0.2, -0.15) is 0 Å². The Labute approximate surface area is 92.2 Å². The van der Waals surface area contributed by atoms with Gasteiger partial charge in [0.2, 0.25) is 5.95 Å². The van der Waals surface area contributed by atoms with Gasteiger partial charge in [0.05, 0.1) is 17.8 Å². The average molecular weight is 224 g/mol. The fourth-order valence-corrected chi connectivity index (χ4v) is 1.59. The second-order valence-corrected chi connectivity index (χ2v) is 3.38. The van der Waals surface area contributed by atoms with Gasteiger partial charge >= 0.3 is 0 Å². The van der Waals surface area contributed by atoms with Crippen molar-refractivity contribution in [1.82, 2.24) is 9.55 Å². The monoisotopic (exact) mass is 223 g/mol. The summed E-state index contributed by atoms with van der Waals surface area (Å²) >= 11 is 6.00. The van der Waals surface area contributed by atoms with E-state index in [-0.39, 0.29) is 0 Å². The van der Waals surface area contributed by atoms with Crippen LogP contribution in [0.2, 0.25) is 5.02 Å². The summed E-state index contributed by atoms with van der Waals surface area (Å²) in [6.07, 6.45) is 3.40. The van der Waals surface area contributed by atoms with E-state index in [1.807, 2.05) is 6.07 Å². The molecule has 1 aromatic carbocycles. The Hall–Kier alpha value is -1.68. The number of imidazole rings is 1. The molecule has 2 rings (SSSR count). The van der Waals surface area contributed by atoms with Gasteiger partial charge in [-0.15, -0.1) is 0 Å². The van der Waals surface area contributed by atoms with Crippen LogP contribution in [0.4, 0.5) is 5.95 Å². The van der Waals surface area contributed by atoms with Gasteiger partial charge in [-0.1, -0.05) is 11.6 Å². The number of methoxy groups -OCH3 is 1. The number of halogens is 1. The highest BCUT2D eigenvalue weighted by Gasteiger charge is 2.05. The molecule has 1 aromatic heterocycles. The third-order valence-corrected chi connectivity index (χ3v) is 2.38. The molecular formula is C10H10ClN3O. The van der Waals surface area contributed by atoms with Crippen molar-refractivity contribution in [2.75, 3.05) is 12.8 Å². The first kappa shape index (κ1) is 9.86. The molecule has 78 valence electrons. The number of anilines is 1. The number of rotatable bonds is 2. The Kier molecular flexibility index (Phi) is 2.51. The summed E-state index contributed by atoms with van der Waals surface area (Å²) in [5, 5.41) is 0.545. The Balaban J connectivity index is 2.47. The van der Waals surface area contributed by atoms with Crippen LogP contribution in [0.15, 0.2) is 30.6 Å². The number of nitrogen functional groups attached to an aromatic ring is 1. The lowest BCUT2D eigenvalue weighted by Gasteiger charge is -2.07. The molecule has 0 spiro atoms. The minimum absolute atomic E-state index is 0.427. The molecule has 4 nitrogen and oxygen atoms in total. The molecule has 0 saturated carbocycles. The van der Waals surface area contributed by atoms with Crippen LogP contribution in [-0.2, 0) is 0 Å². The minimum atomic E-state index is 0.427. The van der Waals surface area contributed by atoms with E-state index >= 15 is 0 Å². The van der Waals surface area contributed by atoms with E-state index in [0.717, 1.165) is 5.69 Å². The highest BCUT2D eigenvalue weighted by Crippen LogP contribution is 2.27. The second kappa shape index (κ2) is 3.82. The molecule has 2 N–H and O–H groups in total. The summed E-state index contributed by atoms with van der Waals surface area (Å²) in [5.74, 6) is 1.07. The van der Waals surface area contributed by atoms with Crippen LogP contribution in [-0.4, -0.2) is 16.7 Å². The maximum atomic E-state index is 6.00. The number of benzene rings is 1. The van der Waals surface area contributed by atoms with E-state index in [0.29, 0.717) is 16.7 Å². The highest BCUT2D eigenvalue weighted by molar-refractivity contribution is 6.32. The standard InChI is InChI=1S/C10H10ClN3O/c1-15-9-3-2-7(6-8(9)11)14-5-4-13-10(14)12/h2-6H,1H3,(H2,12,13). The van der Waals surface area contributed by atoms with Gasteiger partial charge in [0, 0.05) is 12.4 Å². The fraction of sp³-hybridized carbons (Fsp3) is 0.100. The molecule has 0 radical (unpaired) electrons. The number of hydrogen-bond donors (Lipinski definition) is 1. The van der Waals surface area contributed by atoms with Crippen molar-refractivity contribution in [3.8, 4) is 11.4 Å². The molecule has 0 aliphatic rings. The maximum absolute atomic E-state index is 6.00. The van der Waals surface area contributed by atoms with Crippen LogP contribution in [0.25, 0.3) is 5.69 Å². The average Bonchev–Trinajstić information content (AvgIpc) is 2.64. The van der Waals surface area contributed by atoms with Gasteiger partial charge < -0.3 is 10.5 Å². The summed E-state index contributed by atoms with van der Waals surface area (Å²) < 4.78 is 6.80. The number of nitrogens with two attached hydrogens (primary N) is 1. The highest BCUT2D eigenvalue weighted by atomic mass is 35.5. The van der Waals surface area contributed by atoms with Gasteiger partial charge in [-0.25, -0.2) is 4.98 Å². The van der Waals surface area contributed by atoms with Gasteiger partial charge in [0.1, 0.15) is 5.75 Å². The van der Waals surface area contributed by atoms with E-state index in [4.69, 9.17) is 22.1 Å². The molecule has 0 bridgehead atoms. The Morgan fingerprint density at radius 2 is 2.27 bits per heavy atom. The lowest BCUT2D eigenvalue weighted by atomic mass is 10.3. The van der Waals surface area contributed by atoms with Gasteiger partial charge in [0.15, 0.2) is 0 Å². The Morgan fingerprint density at radius 1 is 1.47 bits per heavy atom. The quantitative estimate of drug-likeness (QED) is 0.849. The first-order chi connectivity index (χ1) is 7.22. The minimum Gasteiger partial charge on any atom is -0.495 e. The van der Waals surface area contributed by atoms with Gasteiger partial charge in [0.25, 0.3) is 0 Å². The topological polar surface area (TPSA) is 53.1 Å². The summed E-state index contributed by atoms with van der Waals surface area (Å²) in [4.78, 5) is 3.93. The molecule has 2 aromatic rings. The van der Waals surface area contributed by atoms with Crippen LogP contribution < -0.4 is 10.5 Å². The first-order valence-electron chi connectivity index (χ1n) is 4.35. The van der Waals surface area contributed by atoms with E-state index in [9.17, 15) is 0 Å². The van der Waals surface area contributed by atoms with Crippen molar-refractivity contribution in [3.05, 3.63) is 35.6 Å². The van der Waals surface area contributed by atoms with Crippen molar-refractivity contribution in [2.24, 2.45) is 0 Å². The zero-order valence-electron chi connectivity index (χ0n) is 8.14. The molecule has 1 heterocycles. The third-order valence-electron chi connectivity index (χ3n) is 2.08. The van der Waals surface area contributed by atoms with Crippen molar-refractivity contribution in [1.29, 1.82) is 0 Å². The lowest BCUT2D eigenvalue weighted by Crippen LogP contribution is -1.99. The van der Waals surface area contributed by atoms with Crippen LogP contribution in [0.1, 0.15) is 0 Å². The van der Waals surface area contributed by atoms with E-state index < -0.39 is 0 Å². The third kappa shape index (κ3) is 1.76. The molecule has 0 unspecified atom stereocenters. The van der Waals surface area contributed by atoms with Gasteiger partial charge in [-0.3, -0.25) is 4.57 Å². The van der Waals surface area contributed by atoms with E-state index in [1.54, 1.807) is 36.2 Å². The predicted molar refractivity (Wildman–Crippen MR) is 59.5 cm³/mol. The molecule has 15 heavy (non-hydrogen) atoms. The molecule has 0 amide bonds. The smallest absolute Gasteiger partial charge is 0.204 e. The molecule has 0 aliphatic heterocycles. The lowest BCUT2D eigenvalue weighted by molar-refractivity contribution is 0.415. The molecule has 0 atom stereocenters. The fourth-order valence-electron chi connectivity index (χ4n) is 1.34. The van der Waals surface area contributed by atoms with Crippen molar-refractivity contribution in [2.45, 2.75) is 0 Å². The number of nitrogens with zero attached hydrogens (tertiary/aromatic N) is 2. The van der Waals surface area contributed by atoms with Crippen molar-refractivity contribution < 1.29 is 4.74 Å². The van der Waals surface area contributed by atoms with Crippen LogP contribution in [0, 0.1) is 0 Å². The van der Waals surface area contributed by atoms with E-state index in [2.05, 4.69) is 4.98 Å². The zero-order chi connectivity index (χ0) is 10.8. The molecule has 0 fully saturated rings. The molecular weight excluding hydrogens is 214 g/mol. The number of hydrogen-bond acceptors (Lipinski definition) is 3.